The SMILES string of the molecule is CCNC(=NCc1ccc(O)cc1)NC1CCN(c2ncc(C(F)(F)F)cc2Cl)C1. The average Bonchev–Trinajstić information content (AvgIpc) is 3.15. The van der Waals surface area contributed by atoms with Crippen LogP contribution in [0.5, 0.6) is 5.75 Å². The normalized spacial score (nSPS) is 17.3. The van der Waals surface area contributed by atoms with Gasteiger partial charge in [-0.1, -0.05) is 23.7 Å². The minimum absolute atomic E-state index is 0.0154. The van der Waals surface area contributed by atoms with E-state index in [4.69, 9.17) is 11.6 Å². The maximum absolute atomic E-state index is 12.8. The van der Waals surface area contributed by atoms with Crippen LogP contribution in [0.3, 0.4) is 0 Å². The van der Waals surface area contributed by atoms with Crippen molar-refractivity contribution in [2.75, 3.05) is 24.5 Å². The van der Waals surface area contributed by atoms with Crippen LogP contribution in [0.4, 0.5) is 19.0 Å². The number of nitrogens with one attached hydrogen (secondary N) is 2. The van der Waals surface area contributed by atoms with E-state index >= 15 is 0 Å². The van der Waals surface area contributed by atoms with Crippen LogP contribution in [0.1, 0.15) is 24.5 Å². The first-order valence-electron chi connectivity index (χ1n) is 9.56. The van der Waals surface area contributed by atoms with E-state index in [0.717, 1.165) is 24.2 Å². The third-order valence-corrected chi connectivity index (χ3v) is 4.96. The van der Waals surface area contributed by atoms with Gasteiger partial charge in [0.2, 0.25) is 0 Å². The fraction of sp³-hybridized carbons (Fsp3) is 0.400. The van der Waals surface area contributed by atoms with Gasteiger partial charge in [-0.15, -0.1) is 0 Å². The molecule has 2 heterocycles. The number of halogens is 4. The molecule has 10 heteroatoms. The summed E-state index contributed by atoms with van der Waals surface area (Å²) in [5, 5.41) is 15.9. The van der Waals surface area contributed by atoms with Crippen LogP contribution < -0.4 is 15.5 Å². The number of benzene rings is 1. The molecule has 0 aliphatic carbocycles. The molecule has 3 rings (SSSR count). The zero-order valence-corrected chi connectivity index (χ0v) is 17.1. The Balaban J connectivity index is 1.63. The molecule has 1 saturated heterocycles. The Morgan fingerprint density at radius 1 is 1.33 bits per heavy atom. The summed E-state index contributed by atoms with van der Waals surface area (Å²) in [5.74, 6) is 1.19. The van der Waals surface area contributed by atoms with E-state index in [9.17, 15) is 18.3 Å². The second kappa shape index (κ2) is 9.42. The van der Waals surface area contributed by atoms with Gasteiger partial charge in [0.05, 0.1) is 17.1 Å². The lowest BCUT2D eigenvalue weighted by atomic mass is 10.2. The summed E-state index contributed by atoms with van der Waals surface area (Å²) in [6, 6.07) is 7.79. The van der Waals surface area contributed by atoms with E-state index in [1.54, 1.807) is 24.3 Å². The van der Waals surface area contributed by atoms with Gasteiger partial charge in [0.1, 0.15) is 11.6 Å². The molecule has 1 aliphatic heterocycles. The van der Waals surface area contributed by atoms with Gasteiger partial charge in [0.15, 0.2) is 5.96 Å². The van der Waals surface area contributed by atoms with Crippen molar-refractivity contribution >= 4 is 23.4 Å². The van der Waals surface area contributed by atoms with Gasteiger partial charge >= 0.3 is 6.18 Å². The lowest BCUT2D eigenvalue weighted by Crippen LogP contribution is -2.44. The minimum atomic E-state index is -4.47. The smallest absolute Gasteiger partial charge is 0.417 e. The van der Waals surface area contributed by atoms with E-state index in [1.807, 2.05) is 11.8 Å². The van der Waals surface area contributed by atoms with Crippen LogP contribution in [-0.2, 0) is 12.7 Å². The van der Waals surface area contributed by atoms with Gasteiger partial charge in [0.25, 0.3) is 0 Å². The molecule has 1 fully saturated rings. The fourth-order valence-corrected chi connectivity index (χ4v) is 3.46. The topological polar surface area (TPSA) is 72.8 Å². The van der Waals surface area contributed by atoms with Crippen LogP contribution in [0.2, 0.25) is 5.02 Å². The average molecular weight is 442 g/mol. The summed E-state index contributed by atoms with van der Waals surface area (Å²) >= 11 is 6.07. The molecule has 2 aromatic rings. The number of aliphatic imine (C=N–C) groups is 1. The maximum Gasteiger partial charge on any atom is 0.417 e. The molecule has 0 spiro atoms. The van der Waals surface area contributed by atoms with Crippen molar-refractivity contribution < 1.29 is 18.3 Å². The Hall–Kier alpha value is -2.68. The van der Waals surface area contributed by atoms with Crippen molar-refractivity contribution in [3.63, 3.8) is 0 Å². The number of anilines is 1. The molecular formula is C20H23ClF3N5O. The standard InChI is InChI=1S/C20H23ClF3N5O/c1-2-25-19(27-10-13-3-5-16(30)6-4-13)28-15-7-8-29(12-15)18-17(21)9-14(11-26-18)20(22,23)24/h3-6,9,11,15,30H,2,7-8,10,12H2,1H3,(H2,25,27,28). The van der Waals surface area contributed by atoms with Crippen LogP contribution in [0.15, 0.2) is 41.5 Å². The Labute approximate surface area is 177 Å². The van der Waals surface area contributed by atoms with E-state index in [1.165, 1.54) is 0 Å². The summed E-state index contributed by atoms with van der Waals surface area (Å²) in [4.78, 5) is 10.4. The molecule has 0 amide bonds. The molecule has 1 aromatic carbocycles. The quantitative estimate of drug-likeness (QED) is 0.486. The molecule has 0 saturated carbocycles. The summed E-state index contributed by atoms with van der Waals surface area (Å²) in [5.41, 5.74) is 0.0969. The maximum atomic E-state index is 12.8. The van der Waals surface area contributed by atoms with E-state index in [0.29, 0.717) is 38.0 Å². The largest absolute Gasteiger partial charge is 0.508 e. The summed E-state index contributed by atoms with van der Waals surface area (Å²) < 4.78 is 38.4. The van der Waals surface area contributed by atoms with Gasteiger partial charge in [-0.05, 0) is 37.1 Å². The predicted molar refractivity (Wildman–Crippen MR) is 111 cm³/mol. The number of hydrogen-bond donors (Lipinski definition) is 3. The number of hydrogen-bond acceptors (Lipinski definition) is 4. The molecule has 30 heavy (non-hydrogen) atoms. The second-order valence-electron chi connectivity index (χ2n) is 6.96. The van der Waals surface area contributed by atoms with Gasteiger partial charge in [-0.3, -0.25) is 0 Å². The molecule has 1 aromatic heterocycles. The number of phenolic OH excluding ortho intramolecular Hbond substituents is 1. The van der Waals surface area contributed by atoms with Crippen LogP contribution in [0, 0.1) is 0 Å². The number of aromatic nitrogens is 1. The van der Waals surface area contributed by atoms with E-state index < -0.39 is 11.7 Å². The Morgan fingerprint density at radius 2 is 2.07 bits per heavy atom. The van der Waals surface area contributed by atoms with Crippen molar-refractivity contribution in [2.24, 2.45) is 4.99 Å². The highest BCUT2D eigenvalue weighted by molar-refractivity contribution is 6.33. The van der Waals surface area contributed by atoms with Gasteiger partial charge < -0.3 is 20.6 Å². The molecular weight excluding hydrogens is 419 g/mol. The van der Waals surface area contributed by atoms with Crippen LogP contribution in [0.25, 0.3) is 0 Å². The van der Waals surface area contributed by atoms with Crippen molar-refractivity contribution in [1.29, 1.82) is 0 Å². The Kier molecular flexibility index (Phi) is 6.91. The zero-order valence-electron chi connectivity index (χ0n) is 16.4. The number of guanidine groups is 1. The molecule has 0 bridgehead atoms. The molecule has 1 aliphatic rings. The number of rotatable bonds is 5. The lowest BCUT2D eigenvalue weighted by molar-refractivity contribution is -0.137. The third-order valence-electron chi connectivity index (χ3n) is 4.68. The van der Waals surface area contributed by atoms with Gasteiger partial charge in [0, 0.05) is 31.9 Å². The first-order valence-corrected chi connectivity index (χ1v) is 9.94. The van der Waals surface area contributed by atoms with Crippen LogP contribution >= 0.6 is 11.6 Å². The first kappa shape index (κ1) is 22.0. The van der Waals surface area contributed by atoms with E-state index in [-0.39, 0.29) is 16.8 Å². The predicted octanol–water partition coefficient (Wildman–Crippen LogP) is 3.79. The minimum Gasteiger partial charge on any atom is -0.508 e. The highest BCUT2D eigenvalue weighted by Gasteiger charge is 2.33. The molecule has 0 radical (unpaired) electrons. The third kappa shape index (κ3) is 5.69. The second-order valence-corrected chi connectivity index (χ2v) is 7.37. The molecule has 6 nitrogen and oxygen atoms in total. The van der Waals surface area contributed by atoms with Gasteiger partial charge in [-0.25, -0.2) is 9.98 Å². The number of alkyl halides is 3. The van der Waals surface area contributed by atoms with Crippen molar-refractivity contribution in [3.05, 3.63) is 52.7 Å². The summed E-state index contributed by atoms with van der Waals surface area (Å²) in [6.45, 7) is 4.25. The molecule has 162 valence electrons. The molecule has 1 unspecified atom stereocenters. The number of pyridine rings is 1. The Morgan fingerprint density at radius 3 is 2.70 bits per heavy atom. The van der Waals surface area contributed by atoms with Crippen LogP contribution in [-0.4, -0.2) is 41.7 Å². The Bertz CT molecular complexity index is 889. The number of aromatic hydroxyl groups is 1. The fourth-order valence-electron chi connectivity index (χ4n) is 3.17. The summed E-state index contributed by atoms with van der Waals surface area (Å²) in [7, 11) is 0. The molecule has 1 atom stereocenters. The lowest BCUT2D eigenvalue weighted by Gasteiger charge is -2.21. The van der Waals surface area contributed by atoms with Crippen molar-refractivity contribution in [1.82, 2.24) is 15.6 Å². The van der Waals surface area contributed by atoms with E-state index in [2.05, 4.69) is 20.6 Å². The van der Waals surface area contributed by atoms with Gasteiger partial charge in [-0.2, -0.15) is 13.2 Å². The highest BCUT2D eigenvalue weighted by Crippen LogP contribution is 2.34. The number of phenols is 1. The molecule has 3 N–H and O–H groups in total. The highest BCUT2D eigenvalue weighted by atomic mass is 35.5. The zero-order chi connectivity index (χ0) is 21.7. The summed E-state index contributed by atoms with van der Waals surface area (Å²) in [6.07, 6.45) is -2.90. The van der Waals surface area contributed by atoms with Crippen molar-refractivity contribution in [2.45, 2.75) is 32.1 Å². The monoisotopic (exact) mass is 441 g/mol. The van der Waals surface area contributed by atoms with Crippen molar-refractivity contribution in [3.8, 4) is 5.75 Å². The first-order chi connectivity index (χ1) is 14.3. The number of nitrogens with zero attached hydrogens (tertiary/aromatic N) is 3.